The van der Waals surface area contributed by atoms with Gasteiger partial charge < -0.3 is 10.9 Å². The van der Waals surface area contributed by atoms with Gasteiger partial charge in [-0.1, -0.05) is 0 Å². The minimum absolute atomic E-state index is 0.397. The third kappa shape index (κ3) is 1.88. The second kappa shape index (κ2) is 3.30. The Bertz CT molecular complexity index is 252. The molecule has 0 saturated heterocycles. The minimum atomic E-state index is -0.527. The first-order valence-corrected chi connectivity index (χ1v) is 3.31. The van der Waals surface area contributed by atoms with Crippen molar-refractivity contribution < 1.29 is 9.12 Å². The number of aromatic nitrogens is 1. The van der Waals surface area contributed by atoms with Crippen molar-refractivity contribution in [3.63, 3.8) is 0 Å². The Balaban J connectivity index is 2.90. The van der Waals surface area contributed by atoms with Crippen LogP contribution in [0.3, 0.4) is 0 Å². The van der Waals surface area contributed by atoms with E-state index in [1.165, 1.54) is 12.1 Å². The summed E-state index contributed by atoms with van der Waals surface area (Å²) in [5.41, 5.74) is 5.72. The molecule has 0 saturated carbocycles. The number of nitrogens with zero attached hydrogens (tertiary/aromatic N) is 1. The summed E-state index contributed by atoms with van der Waals surface area (Å²) < 4.78 is 12.8. The van der Waals surface area contributed by atoms with Crippen molar-refractivity contribution in [3.8, 4) is 0 Å². The van der Waals surface area contributed by atoms with Crippen LogP contribution in [0.4, 0.5) is 4.39 Å². The molecule has 0 amide bonds. The SMILES string of the molecule is NCCc1ccc(F)c[n+]1[O-]. The molecule has 2 N–H and O–H groups in total. The molecule has 0 aromatic carbocycles. The van der Waals surface area contributed by atoms with E-state index in [-0.39, 0.29) is 0 Å². The van der Waals surface area contributed by atoms with Crippen LogP contribution in [-0.2, 0) is 6.42 Å². The average Bonchev–Trinajstić information content (AvgIpc) is 1.95. The van der Waals surface area contributed by atoms with Crippen molar-refractivity contribution in [2.45, 2.75) is 6.42 Å². The normalized spacial score (nSPS) is 10.0. The molecule has 3 nitrogen and oxygen atoms in total. The first kappa shape index (κ1) is 7.94. The number of hydrogen-bond donors (Lipinski definition) is 1. The van der Waals surface area contributed by atoms with Gasteiger partial charge in [0.15, 0.2) is 11.5 Å². The van der Waals surface area contributed by atoms with Crippen LogP contribution in [0.15, 0.2) is 18.3 Å². The van der Waals surface area contributed by atoms with Gasteiger partial charge in [-0.2, -0.15) is 4.73 Å². The molecule has 1 rings (SSSR count). The molecule has 0 aliphatic rings. The Kier molecular flexibility index (Phi) is 2.38. The zero-order chi connectivity index (χ0) is 8.27. The van der Waals surface area contributed by atoms with Gasteiger partial charge >= 0.3 is 0 Å². The number of rotatable bonds is 2. The van der Waals surface area contributed by atoms with Gasteiger partial charge in [0.1, 0.15) is 0 Å². The smallest absolute Gasteiger partial charge is 0.216 e. The molecule has 0 aliphatic carbocycles. The molecule has 0 spiro atoms. The molecule has 0 unspecified atom stereocenters. The van der Waals surface area contributed by atoms with Gasteiger partial charge in [0.2, 0.25) is 6.20 Å². The van der Waals surface area contributed by atoms with Gasteiger partial charge in [0.25, 0.3) is 0 Å². The second-order valence-electron chi connectivity index (χ2n) is 2.20. The summed E-state index contributed by atoms with van der Waals surface area (Å²) >= 11 is 0. The summed E-state index contributed by atoms with van der Waals surface area (Å²) in [4.78, 5) is 0. The van der Waals surface area contributed by atoms with Crippen LogP contribution in [0.5, 0.6) is 0 Å². The maximum absolute atomic E-state index is 12.3. The van der Waals surface area contributed by atoms with Gasteiger partial charge in [-0.25, -0.2) is 4.39 Å². The molecule has 60 valence electrons. The van der Waals surface area contributed by atoms with Crippen LogP contribution in [-0.4, -0.2) is 6.54 Å². The third-order valence-corrected chi connectivity index (χ3v) is 1.36. The summed E-state index contributed by atoms with van der Waals surface area (Å²) in [5, 5.41) is 10.9. The summed E-state index contributed by atoms with van der Waals surface area (Å²) in [7, 11) is 0. The molecule has 1 aromatic rings. The monoisotopic (exact) mass is 156 g/mol. The largest absolute Gasteiger partial charge is 0.618 e. The lowest BCUT2D eigenvalue weighted by Gasteiger charge is -2.01. The summed E-state index contributed by atoms with van der Waals surface area (Å²) in [6.45, 7) is 0.397. The molecular formula is C7H9FN2O. The molecular weight excluding hydrogens is 147 g/mol. The molecule has 11 heavy (non-hydrogen) atoms. The molecule has 4 heteroatoms. The van der Waals surface area contributed by atoms with E-state index in [4.69, 9.17) is 5.73 Å². The molecule has 0 radical (unpaired) electrons. The van der Waals surface area contributed by atoms with Crippen LogP contribution < -0.4 is 10.5 Å². The van der Waals surface area contributed by atoms with E-state index in [9.17, 15) is 9.60 Å². The lowest BCUT2D eigenvalue weighted by Crippen LogP contribution is -2.33. The quantitative estimate of drug-likeness (QED) is 0.482. The Morgan fingerprint density at radius 2 is 2.27 bits per heavy atom. The standard InChI is InChI=1S/C7H9FN2O/c8-6-1-2-7(3-4-9)10(11)5-6/h1-2,5H,3-4,9H2. The van der Waals surface area contributed by atoms with E-state index in [0.29, 0.717) is 23.4 Å². The zero-order valence-electron chi connectivity index (χ0n) is 5.96. The molecule has 1 aromatic heterocycles. The van der Waals surface area contributed by atoms with E-state index in [1.54, 1.807) is 0 Å². The van der Waals surface area contributed by atoms with Crippen molar-refractivity contribution in [2.24, 2.45) is 5.73 Å². The fraction of sp³-hybridized carbons (Fsp3) is 0.286. The maximum Gasteiger partial charge on any atom is 0.216 e. The van der Waals surface area contributed by atoms with Crippen LogP contribution in [0.25, 0.3) is 0 Å². The van der Waals surface area contributed by atoms with Crippen LogP contribution in [0.1, 0.15) is 5.69 Å². The van der Waals surface area contributed by atoms with E-state index in [1.807, 2.05) is 0 Å². The van der Waals surface area contributed by atoms with Gasteiger partial charge in [0.05, 0.1) is 0 Å². The van der Waals surface area contributed by atoms with Gasteiger partial charge in [-0.3, -0.25) is 0 Å². The fourth-order valence-electron chi connectivity index (χ4n) is 0.829. The van der Waals surface area contributed by atoms with Crippen molar-refractivity contribution >= 4 is 0 Å². The highest BCUT2D eigenvalue weighted by molar-refractivity contribution is 4.99. The number of hydrogen-bond acceptors (Lipinski definition) is 2. The highest BCUT2D eigenvalue weighted by atomic mass is 19.1. The Morgan fingerprint density at radius 1 is 1.55 bits per heavy atom. The Hall–Kier alpha value is -1.16. The Labute approximate surface area is 63.8 Å². The van der Waals surface area contributed by atoms with Crippen molar-refractivity contribution in [3.05, 3.63) is 35.0 Å². The van der Waals surface area contributed by atoms with Crippen LogP contribution in [0.2, 0.25) is 0 Å². The summed E-state index contributed by atoms with van der Waals surface area (Å²) in [5.74, 6) is -0.527. The van der Waals surface area contributed by atoms with E-state index in [0.717, 1.165) is 6.20 Å². The molecule has 0 bridgehead atoms. The van der Waals surface area contributed by atoms with Crippen molar-refractivity contribution in [2.75, 3.05) is 6.54 Å². The predicted octanol–water partition coefficient (Wildman–Crippen LogP) is -0.0397. The summed E-state index contributed by atoms with van der Waals surface area (Å²) in [6, 6.07) is 2.69. The molecule has 1 heterocycles. The first-order valence-electron chi connectivity index (χ1n) is 3.31. The van der Waals surface area contributed by atoms with Crippen LogP contribution >= 0.6 is 0 Å². The highest BCUT2D eigenvalue weighted by Crippen LogP contribution is 1.95. The van der Waals surface area contributed by atoms with Gasteiger partial charge in [-0.15, -0.1) is 0 Å². The predicted molar refractivity (Wildman–Crippen MR) is 38.1 cm³/mol. The fourth-order valence-corrected chi connectivity index (χ4v) is 0.829. The molecule has 0 atom stereocenters. The number of nitrogens with two attached hydrogens (primary N) is 1. The lowest BCUT2D eigenvalue weighted by atomic mass is 10.3. The van der Waals surface area contributed by atoms with E-state index >= 15 is 0 Å². The van der Waals surface area contributed by atoms with Gasteiger partial charge in [0, 0.05) is 19.0 Å². The topological polar surface area (TPSA) is 53.0 Å². The van der Waals surface area contributed by atoms with Crippen LogP contribution in [0, 0.1) is 11.0 Å². The third-order valence-electron chi connectivity index (χ3n) is 1.36. The lowest BCUT2D eigenvalue weighted by molar-refractivity contribution is -0.615. The zero-order valence-corrected chi connectivity index (χ0v) is 5.96. The second-order valence-corrected chi connectivity index (χ2v) is 2.20. The minimum Gasteiger partial charge on any atom is -0.618 e. The Morgan fingerprint density at radius 3 is 2.82 bits per heavy atom. The number of pyridine rings is 1. The van der Waals surface area contributed by atoms with Crippen molar-refractivity contribution in [1.82, 2.24) is 0 Å². The van der Waals surface area contributed by atoms with Gasteiger partial charge in [-0.05, 0) is 6.07 Å². The van der Waals surface area contributed by atoms with E-state index in [2.05, 4.69) is 0 Å². The van der Waals surface area contributed by atoms with Crippen molar-refractivity contribution in [1.29, 1.82) is 0 Å². The summed E-state index contributed by atoms with van der Waals surface area (Å²) in [6.07, 6.45) is 1.37. The first-order chi connectivity index (χ1) is 5.24. The average molecular weight is 156 g/mol. The molecule has 0 aliphatic heterocycles. The van der Waals surface area contributed by atoms with E-state index < -0.39 is 5.82 Å². The number of halogens is 1. The molecule has 0 fully saturated rings. The maximum atomic E-state index is 12.3. The highest BCUT2D eigenvalue weighted by Gasteiger charge is 2.03.